The third-order valence-corrected chi connectivity index (χ3v) is 12.9. The lowest BCUT2D eigenvalue weighted by Gasteiger charge is -2.58. The van der Waals surface area contributed by atoms with Crippen molar-refractivity contribution in [3.05, 3.63) is 23.8 Å². The summed E-state index contributed by atoms with van der Waals surface area (Å²) in [6, 6.07) is 0. The Bertz CT molecular complexity index is 960. The molecule has 14 atom stereocenters. The molecule has 234 valence electrons. The number of ether oxygens (including phenoxy) is 2. The molecule has 0 aromatic heterocycles. The van der Waals surface area contributed by atoms with Gasteiger partial charge in [-0.3, -0.25) is 0 Å². The Morgan fingerprint density at radius 2 is 1.73 bits per heavy atom. The van der Waals surface area contributed by atoms with Gasteiger partial charge in [0.1, 0.15) is 24.4 Å². The van der Waals surface area contributed by atoms with Crippen LogP contribution in [-0.2, 0) is 9.47 Å². The molecule has 4 fully saturated rings. The number of aliphatic hydroxyl groups excluding tert-OH is 4. The van der Waals surface area contributed by atoms with Crippen molar-refractivity contribution < 1.29 is 29.9 Å². The summed E-state index contributed by atoms with van der Waals surface area (Å²) in [4.78, 5) is 0. The number of hydrogen-bond donors (Lipinski definition) is 4. The SMILES string of the molecule is CC[C@@H](/C=C/[C@@H](C)[C@@H]1CC[C@@H]2[C@H]3CC=C4C[C@@H](O[C@H]5O[C@@H](CO)[C@H](O)[C@@H](O)[C@@H]5O)CC[C@@]4(C)[C@@H]3CC[C@]21C)C(C)C. The van der Waals surface area contributed by atoms with E-state index in [-0.39, 0.29) is 11.5 Å². The van der Waals surface area contributed by atoms with E-state index in [1.807, 2.05) is 0 Å². The highest BCUT2D eigenvalue weighted by Gasteiger charge is 2.59. The third-order valence-electron chi connectivity index (χ3n) is 12.9. The molecule has 41 heavy (non-hydrogen) atoms. The molecule has 0 aromatic rings. The van der Waals surface area contributed by atoms with Crippen LogP contribution < -0.4 is 0 Å². The number of allylic oxidation sites excluding steroid dienone is 3. The molecule has 1 aliphatic heterocycles. The first-order valence-electron chi connectivity index (χ1n) is 16.8. The molecule has 1 heterocycles. The monoisotopic (exact) mass is 574 g/mol. The van der Waals surface area contributed by atoms with Gasteiger partial charge in [0.15, 0.2) is 6.29 Å². The average Bonchev–Trinajstić information content (AvgIpc) is 3.30. The Labute approximate surface area is 248 Å². The molecule has 4 N–H and O–H groups in total. The first kappa shape index (κ1) is 31.7. The summed E-state index contributed by atoms with van der Waals surface area (Å²) in [5.74, 6) is 5.05. The Morgan fingerprint density at radius 3 is 2.41 bits per heavy atom. The van der Waals surface area contributed by atoms with Crippen LogP contribution in [0.3, 0.4) is 0 Å². The van der Waals surface area contributed by atoms with Crippen LogP contribution in [0.25, 0.3) is 0 Å². The van der Waals surface area contributed by atoms with E-state index in [0.717, 1.165) is 43.4 Å². The number of hydrogen-bond acceptors (Lipinski definition) is 6. The van der Waals surface area contributed by atoms with Crippen molar-refractivity contribution in [2.45, 2.75) is 136 Å². The highest BCUT2D eigenvalue weighted by molar-refractivity contribution is 5.25. The zero-order valence-electron chi connectivity index (χ0n) is 26.4. The van der Waals surface area contributed by atoms with Gasteiger partial charge in [-0.25, -0.2) is 0 Å². The van der Waals surface area contributed by atoms with E-state index in [4.69, 9.17) is 9.47 Å². The van der Waals surface area contributed by atoms with E-state index in [9.17, 15) is 20.4 Å². The van der Waals surface area contributed by atoms with E-state index >= 15 is 0 Å². The predicted octanol–water partition coefficient (Wildman–Crippen LogP) is 5.63. The fraction of sp³-hybridized carbons (Fsp3) is 0.886. The molecule has 5 aliphatic rings. The van der Waals surface area contributed by atoms with E-state index in [0.29, 0.717) is 29.1 Å². The van der Waals surface area contributed by atoms with Gasteiger partial charge in [0.2, 0.25) is 0 Å². The van der Waals surface area contributed by atoms with E-state index in [1.54, 1.807) is 0 Å². The van der Waals surface area contributed by atoms with Crippen LogP contribution in [0.4, 0.5) is 0 Å². The van der Waals surface area contributed by atoms with E-state index in [1.165, 1.54) is 37.7 Å². The molecule has 0 amide bonds. The minimum absolute atomic E-state index is 0.109. The van der Waals surface area contributed by atoms with Gasteiger partial charge in [0.05, 0.1) is 12.7 Å². The normalized spacial score (nSPS) is 47.9. The second kappa shape index (κ2) is 12.3. The quantitative estimate of drug-likeness (QED) is 0.281. The van der Waals surface area contributed by atoms with Crippen molar-refractivity contribution >= 4 is 0 Å². The van der Waals surface area contributed by atoms with Gasteiger partial charge in [0, 0.05) is 0 Å². The van der Waals surface area contributed by atoms with Crippen molar-refractivity contribution in [1.82, 2.24) is 0 Å². The van der Waals surface area contributed by atoms with Crippen LogP contribution in [0.2, 0.25) is 0 Å². The number of fused-ring (bicyclic) bond motifs is 5. The van der Waals surface area contributed by atoms with Crippen molar-refractivity contribution in [1.29, 1.82) is 0 Å². The first-order chi connectivity index (χ1) is 19.4. The number of aliphatic hydroxyl groups is 4. The molecule has 0 radical (unpaired) electrons. The minimum Gasteiger partial charge on any atom is -0.394 e. The van der Waals surface area contributed by atoms with Crippen LogP contribution in [-0.4, -0.2) is 63.8 Å². The topological polar surface area (TPSA) is 99.4 Å². The van der Waals surface area contributed by atoms with Crippen LogP contribution in [0, 0.1) is 52.3 Å². The summed E-state index contributed by atoms with van der Waals surface area (Å²) in [7, 11) is 0. The molecule has 0 bridgehead atoms. The zero-order chi connectivity index (χ0) is 29.7. The lowest BCUT2D eigenvalue weighted by Crippen LogP contribution is -2.60. The first-order valence-corrected chi connectivity index (χ1v) is 16.8. The van der Waals surface area contributed by atoms with Gasteiger partial charge >= 0.3 is 0 Å². The molecule has 5 rings (SSSR count). The van der Waals surface area contributed by atoms with Gasteiger partial charge in [-0.1, -0.05) is 65.3 Å². The van der Waals surface area contributed by atoms with Gasteiger partial charge in [-0.15, -0.1) is 0 Å². The Morgan fingerprint density at radius 1 is 0.976 bits per heavy atom. The zero-order valence-corrected chi connectivity index (χ0v) is 26.4. The van der Waals surface area contributed by atoms with Crippen molar-refractivity contribution in [3.63, 3.8) is 0 Å². The Hall–Kier alpha value is -0.760. The third kappa shape index (κ3) is 5.64. The molecule has 0 unspecified atom stereocenters. The van der Waals surface area contributed by atoms with E-state index in [2.05, 4.69) is 59.8 Å². The molecule has 1 saturated heterocycles. The lowest BCUT2D eigenvalue weighted by atomic mass is 9.47. The summed E-state index contributed by atoms with van der Waals surface area (Å²) in [6.07, 6.45) is 11.9. The summed E-state index contributed by atoms with van der Waals surface area (Å²) in [6.45, 7) is 14.2. The van der Waals surface area contributed by atoms with Gasteiger partial charge in [-0.05, 0) is 110 Å². The van der Waals surface area contributed by atoms with Crippen molar-refractivity contribution in [2.75, 3.05) is 6.61 Å². The molecule has 0 spiro atoms. The summed E-state index contributed by atoms with van der Waals surface area (Å²) >= 11 is 0. The Kier molecular flexibility index (Phi) is 9.51. The van der Waals surface area contributed by atoms with Crippen LogP contribution in [0.15, 0.2) is 23.8 Å². The molecule has 4 aliphatic carbocycles. The van der Waals surface area contributed by atoms with Gasteiger partial charge < -0.3 is 29.9 Å². The number of rotatable bonds is 8. The largest absolute Gasteiger partial charge is 0.394 e. The second-order valence-electron chi connectivity index (χ2n) is 15.2. The van der Waals surface area contributed by atoms with Crippen molar-refractivity contribution in [3.8, 4) is 0 Å². The molecular formula is C35H58O6. The van der Waals surface area contributed by atoms with Gasteiger partial charge in [0.25, 0.3) is 0 Å². The fourth-order valence-electron chi connectivity index (χ4n) is 10.3. The minimum atomic E-state index is -1.40. The van der Waals surface area contributed by atoms with Crippen molar-refractivity contribution in [2.24, 2.45) is 52.3 Å². The summed E-state index contributed by atoms with van der Waals surface area (Å²) in [5.41, 5.74) is 2.11. The summed E-state index contributed by atoms with van der Waals surface area (Å²) in [5, 5.41) is 40.4. The average molecular weight is 575 g/mol. The van der Waals surface area contributed by atoms with Gasteiger partial charge in [-0.2, -0.15) is 0 Å². The second-order valence-corrected chi connectivity index (χ2v) is 15.2. The molecule has 6 heteroatoms. The molecular weight excluding hydrogens is 516 g/mol. The standard InChI is InChI=1S/C35H58O6/c1-7-22(20(2)3)9-8-21(4)26-12-13-27-25-11-10-23-18-24(14-16-34(23,5)28(25)15-17-35(26,27)6)40-33-32(39)31(38)30(37)29(19-36)41-33/h8-10,20-22,24-33,36-39H,7,11-19H2,1-6H3/b9-8+/t21-,22+,24+,25-,26+,27-,28-,29+,30+,31-,32+,33+,34-,35+/m1/s1. The van der Waals surface area contributed by atoms with Crippen LogP contribution in [0.5, 0.6) is 0 Å². The lowest BCUT2D eigenvalue weighted by molar-refractivity contribution is -0.313. The summed E-state index contributed by atoms with van der Waals surface area (Å²) < 4.78 is 11.9. The predicted molar refractivity (Wildman–Crippen MR) is 161 cm³/mol. The molecule has 3 saturated carbocycles. The highest BCUT2D eigenvalue weighted by atomic mass is 16.7. The maximum absolute atomic E-state index is 10.5. The van der Waals surface area contributed by atoms with Crippen LogP contribution in [0.1, 0.15) is 99.3 Å². The molecule has 0 aromatic carbocycles. The fourth-order valence-corrected chi connectivity index (χ4v) is 10.3. The molecule has 6 nitrogen and oxygen atoms in total. The highest BCUT2D eigenvalue weighted by Crippen LogP contribution is 2.67. The maximum Gasteiger partial charge on any atom is 0.186 e. The van der Waals surface area contributed by atoms with E-state index < -0.39 is 37.3 Å². The maximum atomic E-state index is 10.5. The smallest absolute Gasteiger partial charge is 0.186 e. The van der Waals surface area contributed by atoms with Crippen LogP contribution >= 0.6 is 0 Å². The Balaban J connectivity index is 1.26.